The summed E-state index contributed by atoms with van der Waals surface area (Å²) >= 11 is 0. The van der Waals surface area contributed by atoms with Gasteiger partial charge in [0.1, 0.15) is 11.2 Å². The summed E-state index contributed by atoms with van der Waals surface area (Å²) in [7, 11) is 0. The lowest BCUT2D eigenvalue weighted by molar-refractivity contribution is 0.669. The van der Waals surface area contributed by atoms with Gasteiger partial charge in [-0.1, -0.05) is 164 Å². The topological polar surface area (TPSA) is 51.8 Å². The van der Waals surface area contributed by atoms with Crippen molar-refractivity contribution in [2.24, 2.45) is 0 Å². The number of benzene rings is 9. The number of hydrogen-bond donors (Lipinski definition) is 0. The van der Waals surface area contributed by atoms with Crippen molar-refractivity contribution in [3.8, 4) is 67.5 Å². The van der Waals surface area contributed by atoms with E-state index in [2.05, 4.69) is 164 Å². The fraction of sp³-hybridized carbons (Fsp3) is 0. The Morgan fingerprint density at radius 3 is 1.53 bits per heavy atom. The standard InChI is InChI=1S/C53H33N3O/c1-2-10-34(11-3-1)42-28-25-38-26-29-44(33-45(38)32-42)52-54-51(55-53(56-52)47-17-9-19-49-50(47)46-16-6-7-18-48(46)57-49)43-15-8-14-40(31-43)36-20-22-37(23-21-36)41-27-24-35-12-4-5-13-39(35)30-41/h1-33H. The van der Waals surface area contributed by atoms with E-state index >= 15 is 0 Å². The summed E-state index contributed by atoms with van der Waals surface area (Å²) in [4.78, 5) is 15.6. The smallest absolute Gasteiger partial charge is 0.164 e. The van der Waals surface area contributed by atoms with Crippen LogP contribution in [0.5, 0.6) is 0 Å². The highest BCUT2D eigenvalue weighted by Gasteiger charge is 2.18. The summed E-state index contributed by atoms with van der Waals surface area (Å²) in [5.74, 6) is 1.81. The number of aromatic nitrogens is 3. The van der Waals surface area contributed by atoms with E-state index in [9.17, 15) is 0 Å². The van der Waals surface area contributed by atoms with Crippen molar-refractivity contribution in [1.29, 1.82) is 0 Å². The fourth-order valence-electron chi connectivity index (χ4n) is 7.97. The van der Waals surface area contributed by atoms with Crippen molar-refractivity contribution in [2.45, 2.75) is 0 Å². The van der Waals surface area contributed by atoms with Gasteiger partial charge in [0.2, 0.25) is 0 Å². The van der Waals surface area contributed by atoms with Gasteiger partial charge in [-0.25, -0.2) is 15.0 Å². The van der Waals surface area contributed by atoms with E-state index in [4.69, 9.17) is 19.4 Å². The molecule has 2 aromatic heterocycles. The van der Waals surface area contributed by atoms with Gasteiger partial charge in [0.25, 0.3) is 0 Å². The molecule has 0 aliphatic carbocycles. The summed E-state index contributed by atoms with van der Waals surface area (Å²) in [5, 5.41) is 6.77. The minimum atomic E-state index is 0.593. The van der Waals surface area contributed by atoms with Crippen molar-refractivity contribution in [3.63, 3.8) is 0 Å². The minimum Gasteiger partial charge on any atom is -0.456 e. The second-order valence-electron chi connectivity index (χ2n) is 14.4. The first-order valence-electron chi connectivity index (χ1n) is 19.2. The monoisotopic (exact) mass is 727 g/mol. The second-order valence-corrected chi connectivity index (χ2v) is 14.4. The molecular formula is C53H33N3O. The molecule has 0 bridgehead atoms. The van der Waals surface area contributed by atoms with E-state index in [-0.39, 0.29) is 0 Å². The second kappa shape index (κ2) is 13.6. The van der Waals surface area contributed by atoms with Crippen LogP contribution in [0.15, 0.2) is 205 Å². The highest BCUT2D eigenvalue weighted by molar-refractivity contribution is 6.11. The Kier molecular flexibility index (Phi) is 7.78. The Balaban J connectivity index is 1.03. The number of para-hydroxylation sites is 1. The Morgan fingerprint density at radius 2 is 0.754 bits per heavy atom. The third-order valence-corrected chi connectivity index (χ3v) is 10.9. The number of hydrogen-bond acceptors (Lipinski definition) is 4. The zero-order valence-electron chi connectivity index (χ0n) is 30.8. The van der Waals surface area contributed by atoms with Crippen LogP contribution >= 0.6 is 0 Å². The van der Waals surface area contributed by atoms with Gasteiger partial charge in [-0.3, -0.25) is 0 Å². The molecule has 0 aliphatic heterocycles. The molecular weight excluding hydrogens is 695 g/mol. The molecule has 0 atom stereocenters. The molecule has 0 unspecified atom stereocenters. The average Bonchev–Trinajstić information content (AvgIpc) is 3.68. The van der Waals surface area contributed by atoms with Crippen molar-refractivity contribution in [2.75, 3.05) is 0 Å². The maximum absolute atomic E-state index is 6.29. The Labute approximate surface area is 329 Å². The van der Waals surface area contributed by atoms with Gasteiger partial charge in [-0.05, 0) is 91.3 Å². The molecule has 9 aromatic carbocycles. The third-order valence-electron chi connectivity index (χ3n) is 10.9. The molecule has 0 saturated heterocycles. The van der Waals surface area contributed by atoms with Crippen molar-refractivity contribution in [3.05, 3.63) is 200 Å². The van der Waals surface area contributed by atoms with Crippen LogP contribution in [0.4, 0.5) is 0 Å². The average molecular weight is 728 g/mol. The lowest BCUT2D eigenvalue weighted by Gasteiger charge is -2.11. The molecule has 0 radical (unpaired) electrons. The molecule has 0 spiro atoms. The molecule has 0 N–H and O–H groups in total. The minimum absolute atomic E-state index is 0.593. The number of nitrogens with zero attached hydrogens (tertiary/aromatic N) is 3. The largest absolute Gasteiger partial charge is 0.456 e. The van der Waals surface area contributed by atoms with E-state index in [1.54, 1.807) is 0 Å². The van der Waals surface area contributed by atoms with Crippen LogP contribution in [0.1, 0.15) is 0 Å². The summed E-state index contributed by atoms with van der Waals surface area (Å²) in [5.41, 5.74) is 11.3. The molecule has 0 aliphatic rings. The number of rotatable bonds is 6. The molecule has 11 aromatic rings. The number of furan rings is 1. The first kappa shape index (κ1) is 32.7. The van der Waals surface area contributed by atoms with Crippen LogP contribution in [0.2, 0.25) is 0 Å². The zero-order valence-corrected chi connectivity index (χ0v) is 30.8. The Morgan fingerprint density at radius 1 is 0.281 bits per heavy atom. The molecule has 57 heavy (non-hydrogen) atoms. The van der Waals surface area contributed by atoms with Crippen LogP contribution < -0.4 is 0 Å². The highest BCUT2D eigenvalue weighted by Crippen LogP contribution is 2.37. The summed E-state index contributed by atoms with van der Waals surface area (Å²) in [6, 6.07) is 70.1. The Bertz CT molecular complexity index is 3290. The SMILES string of the molecule is c1ccc(-c2ccc3ccc(-c4nc(-c5cccc(-c6ccc(-c7ccc8ccccc8c7)cc6)c5)nc(-c5cccc6oc7ccccc7c56)n4)cc3c2)cc1. The predicted molar refractivity (Wildman–Crippen MR) is 235 cm³/mol. The summed E-state index contributed by atoms with van der Waals surface area (Å²) < 4.78 is 6.29. The quantitative estimate of drug-likeness (QED) is 0.171. The van der Waals surface area contributed by atoms with Crippen molar-refractivity contribution in [1.82, 2.24) is 15.0 Å². The molecule has 11 rings (SSSR count). The van der Waals surface area contributed by atoms with E-state index in [0.29, 0.717) is 17.5 Å². The molecule has 4 heteroatoms. The first-order valence-corrected chi connectivity index (χ1v) is 19.2. The molecule has 2 heterocycles. The zero-order chi connectivity index (χ0) is 37.7. The van der Waals surface area contributed by atoms with Crippen LogP contribution in [0.3, 0.4) is 0 Å². The van der Waals surface area contributed by atoms with E-state index in [0.717, 1.165) is 66.1 Å². The van der Waals surface area contributed by atoms with E-state index in [1.807, 2.05) is 36.4 Å². The lowest BCUT2D eigenvalue weighted by atomic mass is 9.97. The highest BCUT2D eigenvalue weighted by atomic mass is 16.3. The number of fused-ring (bicyclic) bond motifs is 5. The Hall–Kier alpha value is -7.69. The molecule has 0 amide bonds. The van der Waals surface area contributed by atoms with E-state index < -0.39 is 0 Å². The molecule has 4 nitrogen and oxygen atoms in total. The van der Waals surface area contributed by atoms with Gasteiger partial charge >= 0.3 is 0 Å². The van der Waals surface area contributed by atoms with Crippen LogP contribution in [-0.2, 0) is 0 Å². The van der Waals surface area contributed by atoms with Gasteiger partial charge in [0.05, 0.1) is 0 Å². The summed E-state index contributed by atoms with van der Waals surface area (Å²) in [6.07, 6.45) is 0. The fourth-order valence-corrected chi connectivity index (χ4v) is 7.97. The van der Waals surface area contributed by atoms with Gasteiger partial charge < -0.3 is 4.42 Å². The maximum atomic E-state index is 6.29. The summed E-state index contributed by atoms with van der Waals surface area (Å²) in [6.45, 7) is 0. The van der Waals surface area contributed by atoms with Gasteiger partial charge in [0.15, 0.2) is 17.5 Å². The van der Waals surface area contributed by atoms with Crippen LogP contribution in [0, 0.1) is 0 Å². The van der Waals surface area contributed by atoms with Crippen molar-refractivity contribution >= 4 is 43.5 Å². The predicted octanol–water partition coefficient (Wildman–Crippen LogP) is 14.1. The molecule has 266 valence electrons. The lowest BCUT2D eigenvalue weighted by Crippen LogP contribution is -2.00. The molecule has 0 saturated carbocycles. The maximum Gasteiger partial charge on any atom is 0.164 e. The third kappa shape index (κ3) is 6.01. The first-order chi connectivity index (χ1) is 28.2. The van der Waals surface area contributed by atoms with E-state index in [1.165, 1.54) is 27.5 Å². The van der Waals surface area contributed by atoms with Gasteiger partial charge in [-0.2, -0.15) is 0 Å². The molecule has 0 fully saturated rings. The van der Waals surface area contributed by atoms with Crippen LogP contribution in [0.25, 0.3) is 111 Å². The normalized spacial score (nSPS) is 11.5. The van der Waals surface area contributed by atoms with Crippen LogP contribution in [-0.4, -0.2) is 15.0 Å². The van der Waals surface area contributed by atoms with Gasteiger partial charge in [-0.15, -0.1) is 0 Å². The van der Waals surface area contributed by atoms with Crippen molar-refractivity contribution < 1.29 is 4.42 Å². The van der Waals surface area contributed by atoms with Gasteiger partial charge in [0, 0.05) is 27.5 Å².